The Kier molecular flexibility index (Phi) is 6.65. The molecule has 4 rings (SSSR count). The molecule has 0 fully saturated rings. The molecule has 31 heavy (non-hydrogen) atoms. The van der Waals surface area contributed by atoms with Crippen molar-refractivity contribution in [1.82, 2.24) is 5.43 Å². The highest BCUT2D eigenvalue weighted by Gasteiger charge is 2.10. The Morgan fingerprint density at radius 2 is 1.81 bits per heavy atom. The number of benzene rings is 4. The van der Waals surface area contributed by atoms with Crippen LogP contribution in [0.1, 0.15) is 21.5 Å². The molecule has 0 radical (unpaired) electrons. The second-order valence-corrected chi connectivity index (χ2v) is 8.09. The highest BCUT2D eigenvalue weighted by atomic mass is 79.9. The number of hydrazone groups is 1. The lowest BCUT2D eigenvalue weighted by Gasteiger charge is -2.12. The first-order chi connectivity index (χ1) is 15.1. The van der Waals surface area contributed by atoms with E-state index in [1.807, 2.05) is 72.8 Å². The summed E-state index contributed by atoms with van der Waals surface area (Å²) in [6.45, 7) is 0.364. The van der Waals surface area contributed by atoms with Gasteiger partial charge >= 0.3 is 0 Å². The van der Waals surface area contributed by atoms with Crippen LogP contribution < -0.4 is 10.2 Å². The van der Waals surface area contributed by atoms with Crippen LogP contribution in [0, 0.1) is 0 Å². The number of hydrogen-bond acceptors (Lipinski definition) is 3. The van der Waals surface area contributed by atoms with Gasteiger partial charge in [-0.2, -0.15) is 5.10 Å². The Morgan fingerprint density at radius 1 is 1.00 bits per heavy atom. The number of rotatable bonds is 6. The molecular formula is C25H18BrClN2O2. The van der Waals surface area contributed by atoms with E-state index in [1.54, 1.807) is 18.3 Å². The van der Waals surface area contributed by atoms with Crippen LogP contribution in [-0.2, 0) is 6.61 Å². The van der Waals surface area contributed by atoms with Crippen LogP contribution in [0.5, 0.6) is 5.75 Å². The summed E-state index contributed by atoms with van der Waals surface area (Å²) in [5.74, 6) is 0.364. The van der Waals surface area contributed by atoms with Crippen molar-refractivity contribution in [2.75, 3.05) is 0 Å². The molecule has 0 saturated heterocycles. The smallest absolute Gasteiger partial charge is 0.272 e. The maximum Gasteiger partial charge on any atom is 0.272 e. The maximum absolute atomic E-state index is 12.4. The number of carbonyl (C=O) groups is 1. The second kappa shape index (κ2) is 9.77. The van der Waals surface area contributed by atoms with Crippen molar-refractivity contribution < 1.29 is 9.53 Å². The molecule has 4 aromatic carbocycles. The summed E-state index contributed by atoms with van der Waals surface area (Å²) < 4.78 is 6.78. The minimum Gasteiger partial charge on any atom is -0.488 e. The molecule has 0 spiro atoms. The first-order valence-electron chi connectivity index (χ1n) is 9.59. The van der Waals surface area contributed by atoms with Gasteiger partial charge in [0.25, 0.3) is 5.91 Å². The standard InChI is InChI=1S/C25H18BrClN2O2/c26-23-11-4-3-10-21(23)25(30)29-28-15-22-20-9-2-1-7-18(20)12-13-24(22)31-16-17-6-5-8-19(27)14-17/h1-15H,16H2,(H,29,30)/b28-15-. The van der Waals surface area contributed by atoms with Crippen molar-refractivity contribution in [2.45, 2.75) is 6.61 Å². The number of nitrogens with one attached hydrogen (secondary N) is 1. The van der Waals surface area contributed by atoms with Crippen molar-refractivity contribution in [1.29, 1.82) is 0 Å². The fourth-order valence-corrected chi connectivity index (χ4v) is 3.86. The molecule has 4 nitrogen and oxygen atoms in total. The minimum atomic E-state index is -0.301. The second-order valence-electron chi connectivity index (χ2n) is 6.80. The lowest BCUT2D eigenvalue weighted by Crippen LogP contribution is -2.18. The number of ether oxygens (including phenoxy) is 1. The van der Waals surface area contributed by atoms with Gasteiger partial charge in [0, 0.05) is 15.1 Å². The van der Waals surface area contributed by atoms with Gasteiger partial charge in [0.1, 0.15) is 12.4 Å². The van der Waals surface area contributed by atoms with Crippen LogP contribution in [0.4, 0.5) is 0 Å². The van der Waals surface area contributed by atoms with Crippen LogP contribution in [0.15, 0.2) is 94.5 Å². The molecule has 0 saturated carbocycles. The van der Waals surface area contributed by atoms with Crippen molar-refractivity contribution in [3.63, 3.8) is 0 Å². The lowest BCUT2D eigenvalue weighted by atomic mass is 10.0. The van der Waals surface area contributed by atoms with Gasteiger partial charge in [-0.15, -0.1) is 0 Å². The van der Waals surface area contributed by atoms with Gasteiger partial charge in [-0.1, -0.05) is 66.2 Å². The third kappa shape index (κ3) is 5.13. The molecule has 0 heterocycles. The molecule has 0 aromatic heterocycles. The highest BCUT2D eigenvalue weighted by Crippen LogP contribution is 2.27. The summed E-state index contributed by atoms with van der Waals surface area (Å²) >= 11 is 9.46. The molecule has 0 bridgehead atoms. The van der Waals surface area contributed by atoms with Crippen LogP contribution in [0.3, 0.4) is 0 Å². The van der Waals surface area contributed by atoms with Gasteiger partial charge in [0.2, 0.25) is 0 Å². The zero-order chi connectivity index (χ0) is 21.6. The Morgan fingerprint density at radius 3 is 2.65 bits per heavy atom. The molecule has 0 atom stereocenters. The predicted molar refractivity (Wildman–Crippen MR) is 129 cm³/mol. The quantitative estimate of drug-likeness (QED) is 0.243. The minimum absolute atomic E-state index is 0.301. The first-order valence-corrected chi connectivity index (χ1v) is 10.8. The molecule has 154 valence electrons. The van der Waals surface area contributed by atoms with Gasteiger partial charge in [-0.05, 0) is 62.6 Å². The number of carbonyl (C=O) groups excluding carboxylic acids is 1. The molecule has 6 heteroatoms. The Labute approximate surface area is 193 Å². The summed E-state index contributed by atoms with van der Waals surface area (Å²) in [7, 11) is 0. The summed E-state index contributed by atoms with van der Waals surface area (Å²) in [5, 5.41) is 6.88. The Hall–Kier alpha value is -3.15. The van der Waals surface area contributed by atoms with E-state index in [0.717, 1.165) is 21.9 Å². The fourth-order valence-electron chi connectivity index (χ4n) is 3.18. The van der Waals surface area contributed by atoms with Gasteiger partial charge in [0.05, 0.1) is 11.8 Å². The third-order valence-electron chi connectivity index (χ3n) is 4.69. The van der Waals surface area contributed by atoms with Crippen molar-refractivity contribution >= 4 is 50.4 Å². The fraction of sp³-hybridized carbons (Fsp3) is 0.0400. The van der Waals surface area contributed by atoms with Crippen molar-refractivity contribution in [3.05, 3.63) is 111 Å². The van der Waals surface area contributed by atoms with E-state index in [0.29, 0.717) is 27.4 Å². The van der Waals surface area contributed by atoms with Crippen molar-refractivity contribution in [2.24, 2.45) is 5.10 Å². The zero-order valence-electron chi connectivity index (χ0n) is 16.4. The van der Waals surface area contributed by atoms with E-state index in [1.165, 1.54) is 0 Å². The van der Waals surface area contributed by atoms with Gasteiger partial charge in [-0.3, -0.25) is 4.79 Å². The third-order valence-corrected chi connectivity index (χ3v) is 5.62. The van der Waals surface area contributed by atoms with Gasteiger partial charge < -0.3 is 4.74 Å². The summed E-state index contributed by atoms with van der Waals surface area (Å²) in [6.07, 6.45) is 1.62. The first kappa shape index (κ1) is 21.1. The molecule has 1 amide bonds. The average molecular weight is 494 g/mol. The lowest BCUT2D eigenvalue weighted by molar-refractivity contribution is 0.0954. The van der Waals surface area contributed by atoms with Crippen molar-refractivity contribution in [3.8, 4) is 5.75 Å². The number of fused-ring (bicyclic) bond motifs is 1. The summed E-state index contributed by atoms with van der Waals surface area (Å²) in [6, 6.07) is 26.6. The topological polar surface area (TPSA) is 50.7 Å². The molecule has 0 unspecified atom stereocenters. The molecule has 0 aliphatic carbocycles. The predicted octanol–water partition coefficient (Wildman–Crippen LogP) is 6.60. The van der Waals surface area contributed by atoms with Crippen LogP contribution in [0.2, 0.25) is 5.02 Å². The largest absolute Gasteiger partial charge is 0.488 e. The van der Waals surface area contributed by atoms with Crippen LogP contribution in [0.25, 0.3) is 10.8 Å². The molecule has 0 aliphatic heterocycles. The summed E-state index contributed by atoms with van der Waals surface area (Å²) in [5.41, 5.74) is 4.85. The molecule has 4 aromatic rings. The van der Waals surface area contributed by atoms with Gasteiger partial charge in [-0.25, -0.2) is 5.43 Å². The van der Waals surface area contributed by atoms with Crippen LogP contribution >= 0.6 is 27.5 Å². The van der Waals surface area contributed by atoms with E-state index in [9.17, 15) is 4.79 Å². The van der Waals surface area contributed by atoms with E-state index >= 15 is 0 Å². The number of nitrogens with zero attached hydrogens (tertiary/aromatic N) is 1. The molecular weight excluding hydrogens is 476 g/mol. The average Bonchev–Trinajstić information content (AvgIpc) is 2.78. The highest BCUT2D eigenvalue weighted by molar-refractivity contribution is 9.10. The van der Waals surface area contributed by atoms with Gasteiger partial charge in [0.15, 0.2) is 0 Å². The Bertz CT molecular complexity index is 1270. The van der Waals surface area contributed by atoms with E-state index in [2.05, 4.69) is 26.5 Å². The van der Waals surface area contributed by atoms with E-state index in [-0.39, 0.29) is 5.91 Å². The molecule has 1 N–H and O–H groups in total. The maximum atomic E-state index is 12.4. The van der Waals surface area contributed by atoms with Crippen LogP contribution in [-0.4, -0.2) is 12.1 Å². The normalized spacial score (nSPS) is 11.0. The van der Waals surface area contributed by atoms with E-state index in [4.69, 9.17) is 16.3 Å². The molecule has 0 aliphatic rings. The summed E-state index contributed by atoms with van der Waals surface area (Å²) in [4.78, 5) is 12.4. The monoisotopic (exact) mass is 492 g/mol. The number of amides is 1. The SMILES string of the molecule is O=C(N/N=C\c1c(OCc2cccc(Cl)c2)ccc2ccccc12)c1ccccc1Br. The Balaban J connectivity index is 1.60. The number of halogens is 2. The van der Waals surface area contributed by atoms with E-state index < -0.39 is 0 Å². The number of hydrogen-bond donors (Lipinski definition) is 1. The zero-order valence-corrected chi connectivity index (χ0v) is 18.7.